The molecule has 0 saturated heterocycles. The summed E-state index contributed by atoms with van der Waals surface area (Å²) in [7, 11) is 0. The van der Waals surface area contributed by atoms with Crippen LogP contribution in [-0.2, 0) is 33.6 Å². The molecule has 0 spiro atoms. The van der Waals surface area contributed by atoms with Crippen molar-refractivity contribution < 1.29 is 19.1 Å². The number of hydrogen-bond donors (Lipinski definition) is 2. The molecule has 0 unspecified atom stereocenters. The molecule has 1 aromatic carbocycles. The Kier molecular flexibility index (Phi) is 6.48. The summed E-state index contributed by atoms with van der Waals surface area (Å²) in [6, 6.07) is 5.65. The number of aryl methyl sites for hydroxylation is 2. The molecule has 0 heterocycles. The number of imide groups is 1. The van der Waals surface area contributed by atoms with Crippen LogP contribution in [0.5, 0.6) is 0 Å². The highest BCUT2D eigenvalue weighted by Gasteiger charge is 2.22. The second-order valence-corrected chi connectivity index (χ2v) is 7.56. The summed E-state index contributed by atoms with van der Waals surface area (Å²) < 4.78 is 5.20. The van der Waals surface area contributed by atoms with Crippen molar-refractivity contribution >= 4 is 17.9 Å². The first-order valence-electron chi connectivity index (χ1n) is 9.93. The summed E-state index contributed by atoms with van der Waals surface area (Å²) >= 11 is 0. The standard InChI is InChI=1S/C21H28N2O4/c1-14(20(25)23-21(26)22-18-8-3-2-4-9-18)27-19(24)13-15-10-11-16-6-5-7-17(16)12-15/h10-12,14,18H,2-9,13H2,1H3,(H2,22,23,25,26)/t14-/m1/s1. The van der Waals surface area contributed by atoms with Gasteiger partial charge in [0.25, 0.3) is 5.91 Å². The van der Waals surface area contributed by atoms with Gasteiger partial charge in [-0.05, 0) is 55.7 Å². The maximum absolute atomic E-state index is 12.1. The van der Waals surface area contributed by atoms with Gasteiger partial charge in [-0.2, -0.15) is 0 Å². The van der Waals surface area contributed by atoms with Crippen LogP contribution in [0.4, 0.5) is 4.79 Å². The smallest absolute Gasteiger partial charge is 0.321 e. The van der Waals surface area contributed by atoms with Gasteiger partial charge in [0.1, 0.15) is 0 Å². The van der Waals surface area contributed by atoms with Gasteiger partial charge in [-0.1, -0.05) is 37.5 Å². The topological polar surface area (TPSA) is 84.5 Å². The molecule has 1 atom stereocenters. The van der Waals surface area contributed by atoms with Crippen LogP contribution in [0.25, 0.3) is 0 Å². The molecule has 2 N–H and O–H groups in total. The average molecular weight is 372 g/mol. The molecule has 3 rings (SSSR count). The van der Waals surface area contributed by atoms with Crippen molar-refractivity contribution in [2.75, 3.05) is 0 Å². The lowest BCUT2D eigenvalue weighted by Crippen LogP contribution is -2.48. The van der Waals surface area contributed by atoms with Gasteiger partial charge in [-0.15, -0.1) is 0 Å². The number of hydrogen-bond acceptors (Lipinski definition) is 4. The normalized spacial score (nSPS) is 17.7. The van der Waals surface area contributed by atoms with Crippen molar-refractivity contribution in [2.45, 2.75) is 76.9 Å². The monoisotopic (exact) mass is 372 g/mol. The highest BCUT2D eigenvalue weighted by atomic mass is 16.5. The van der Waals surface area contributed by atoms with E-state index in [9.17, 15) is 14.4 Å². The number of urea groups is 1. The Balaban J connectivity index is 1.43. The second kappa shape index (κ2) is 9.02. The summed E-state index contributed by atoms with van der Waals surface area (Å²) in [5.74, 6) is -1.08. The van der Waals surface area contributed by atoms with E-state index in [1.54, 1.807) is 0 Å². The highest BCUT2D eigenvalue weighted by Crippen LogP contribution is 2.23. The predicted octanol–water partition coefficient (Wildman–Crippen LogP) is 2.81. The van der Waals surface area contributed by atoms with Crippen molar-refractivity contribution in [3.63, 3.8) is 0 Å². The summed E-state index contributed by atoms with van der Waals surface area (Å²) in [6.07, 6.45) is 7.67. The van der Waals surface area contributed by atoms with E-state index in [0.29, 0.717) is 0 Å². The van der Waals surface area contributed by atoms with Crippen LogP contribution < -0.4 is 10.6 Å². The summed E-state index contributed by atoms with van der Waals surface area (Å²) in [5, 5.41) is 5.07. The van der Waals surface area contributed by atoms with Gasteiger partial charge in [-0.3, -0.25) is 14.9 Å². The number of carbonyl (C=O) groups is 3. The number of nitrogens with one attached hydrogen (secondary N) is 2. The van der Waals surface area contributed by atoms with Crippen LogP contribution in [0.2, 0.25) is 0 Å². The van der Waals surface area contributed by atoms with Crippen LogP contribution in [0.1, 0.15) is 62.1 Å². The van der Waals surface area contributed by atoms with Gasteiger partial charge in [0, 0.05) is 6.04 Å². The number of benzene rings is 1. The fourth-order valence-electron chi connectivity index (χ4n) is 3.88. The zero-order valence-electron chi connectivity index (χ0n) is 15.9. The molecule has 27 heavy (non-hydrogen) atoms. The zero-order chi connectivity index (χ0) is 19.2. The molecular formula is C21H28N2O4. The van der Waals surface area contributed by atoms with Gasteiger partial charge in [0.2, 0.25) is 0 Å². The fourth-order valence-corrected chi connectivity index (χ4v) is 3.88. The molecule has 0 bridgehead atoms. The maximum Gasteiger partial charge on any atom is 0.321 e. The van der Waals surface area contributed by atoms with Crippen molar-refractivity contribution in [2.24, 2.45) is 0 Å². The third-order valence-electron chi connectivity index (χ3n) is 5.37. The van der Waals surface area contributed by atoms with E-state index in [0.717, 1.165) is 50.5 Å². The molecule has 1 fully saturated rings. The summed E-state index contributed by atoms with van der Waals surface area (Å²) in [6.45, 7) is 1.48. The van der Waals surface area contributed by atoms with E-state index < -0.39 is 24.0 Å². The minimum absolute atomic E-state index is 0.115. The number of carbonyl (C=O) groups excluding carboxylic acids is 3. The highest BCUT2D eigenvalue weighted by molar-refractivity contribution is 5.97. The quantitative estimate of drug-likeness (QED) is 0.779. The van der Waals surface area contributed by atoms with Gasteiger partial charge < -0.3 is 10.1 Å². The lowest BCUT2D eigenvalue weighted by atomic mass is 9.96. The predicted molar refractivity (Wildman–Crippen MR) is 101 cm³/mol. The van der Waals surface area contributed by atoms with E-state index in [-0.39, 0.29) is 12.5 Å². The number of fused-ring (bicyclic) bond motifs is 1. The van der Waals surface area contributed by atoms with Crippen molar-refractivity contribution in [1.82, 2.24) is 10.6 Å². The number of rotatable bonds is 5. The number of esters is 1. The Morgan fingerprint density at radius 3 is 2.59 bits per heavy atom. The van der Waals surface area contributed by atoms with E-state index >= 15 is 0 Å². The third-order valence-corrected chi connectivity index (χ3v) is 5.37. The first kappa shape index (κ1) is 19.4. The van der Waals surface area contributed by atoms with Gasteiger partial charge in [0.15, 0.2) is 6.10 Å². The molecule has 0 radical (unpaired) electrons. The maximum atomic E-state index is 12.1. The molecule has 1 saturated carbocycles. The average Bonchev–Trinajstić information content (AvgIpc) is 3.10. The summed E-state index contributed by atoms with van der Waals surface area (Å²) in [4.78, 5) is 36.1. The summed E-state index contributed by atoms with van der Waals surface area (Å²) in [5.41, 5.74) is 3.54. The lowest BCUT2D eigenvalue weighted by Gasteiger charge is -2.23. The van der Waals surface area contributed by atoms with E-state index in [1.807, 2.05) is 12.1 Å². The van der Waals surface area contributed by atoms with Crippen LogP contribution in [0.3, 0.4) is 0 Å². The molecular weight excluding hydrogens is 344 g/mol. The third kappa shape index (κ3) is 5.55. The first-order valence-corrected chi connectivity index (χ1v) is 9.93. The molecule has 0 aliphatic heterocycles. The molecule has 6 nitrogen and oxygen atoms in total. The van der Waals surface area contributed by atoms with Crippen LogP contribution in [-0.4, -0.2) is 30.1 Å². The van der Waals surface area contributed by atoms with Crippen LogP contribution in [0.15, 0.2) is 18.2 Å². The Morgan fingerprint density at radius 2 is 1.81 bits per heavy atom. The molecule has 2 aliphatic rings. The van der Waals surface area contributed by atoms with E-state index in [2.05, 4.69) is 16.7 Å². The van der Waals surface area contributed by atoms with Crippen LogP contribution in [0, 0.1) is 0 Å². The van der Waals surface area contributed by atoms with Crippen molar-refractivity contribution in [1.29, 1.82) is 0 Å². The largest absolute Gasteiger partial charge is 0.452 e. The molecule has 146 valence electrons. The first-order chi connectivity index (χ1) is 13.0. The Hall–Kier alpha value is -2.37. The number of amides is 3. The number of ether oxygens (including phenoxy) is 1. The van der Waals surface area contributed by atoms with E-state index in [4.69, 9.17) is 4.74 Å². The lowest BCUT2D eigenvalue weighted by molar-refractivity contribution is -0.153. The van der Waals surface area contributed by atoms with Crippen LogP contribution >= 0.6 is 0 Å². The minimum atomic E-state index is -1.01. The molecule has 3 amide bonds. The second-order valence-electron chi connectivity index (χ2n) is 7.56. The van der Waals surface area contributed by atoms with E-state index in [1.165, 1.54) is 24.5 Å². The van der Waals surface area contributed by atoms with Crippen molar-refractivity contribution in [3.8, 4) is 0 Å². The Labute approximate surface area is 160 Å². The fraction of sp³-hybridized carbons (Fsp3) is 0.571. The van der Waals surface area contributed by atoms with Gasteiger partial charge in [-0.25, -0.2) is 4.79 Å². The molecule has 0 aromatic heterocycles. The Bertz CT molecular complexity index is 710. The molecule has 6 heteroatoms. The van der Waals surface area contributed by atoms with Gasteiger partial charge in [0.05, 0.1) is 6.42 Å². The SMILES string of the molecule is C[C@@H](OC(=O)Cc1ccc2c(c1)CCC2)C(=O)NC(=O)NC1CCCCC1. The zero-order valence-corrected chi connectivity index (χ0v) is 15.9. The molecule has 2 aliphatic carbocycles. The Morgan fingerprint density at radius 1 is 1.07 bits per heavy atom. The van der Waals surface area contributed by atoms with Gasteiger partial charge >= 0.3 is 12.0 Å². The molecule has 1 aromatic rings. The van der Waals surface area contributed by atoms with Crippen molar-refractivity contribution in [3.05, 3.63) is 34.9 Å². The minimum Gasteiger partial charge on any atom is -0.452 e.